The highest BCUT2D eigenvalue weighted by Crippen LogP contribution is 2.18. The highest BCUT2D eigenvalue weighted by atomic mass is 16.6. The Balaban J connectivity index is 3.04. The molecule has 0 amide bonds. The number of nitrogens with two attached hydrogens (primary N) is 1. The van der Waals surface area contributed by atoms with Crippen molar-refractivity contribution in [1.29, 1.82) is 0 Å². The lowest BCUT2D eigenvalue weighted by molar-refractivity contribution is 0.172. The molecule has 0 aromatic carbocycles. The Kier molecular flexibility index (Phi) is 1.22. The quantitative estimate of drug-likeness (QED) is 0.552. The van der Waals surface area contributed by atoms with Crippen LogP contribution in [0.3, 0.4) is 0 Å². The number of anilines is 1. The number of hydrogen-bond donors (Lipinski definition) is 2. The van der Waals surface area contributed by atoms with Gasteiger partial charge in [0.1, 0.15) is 7.11 Å². The largest absolute Gasteiger partial charge is 0.504 e. The van der Waals surface area contributed by atoms with Crippen molar-refractivity contribution in [2.24, 2.45) is 0 Å². The molecule has 0 atom stereocenters. The van der Waals surface area contributed by atoms with Crippen LogP contribution >= 0.6 is 0 Å². The van der Waals surface area contributed by atoms with Crippen LogP contribution in [0.15, 0.2) is 12.3 Å². The fourth-order valence-corrected chi connectivity index (χ4v) is 0.576. The lowest BCUT2D eigenvalue weighted by Gasteiger charge is -2.00. The zero-order valence-corrected chi connectivity index (χ0v) is 5.03. The van der Waals surface area contributed by atoms with E-state index >= 15 is 0 Å². The molecule has 9 heavy (non-hydrogen) atoms. The number of nitrogens with zero attached hydrogens (tertiary/aromatic N) is 1. The van der Waals surface area contributed by atoms with Gasteiger partial charge in [-0.15, -0.1) is 0 Å². The van der Waals surface area contributed by atoms with E-state index in [1.165, 1.54) is 24.1 Å². The molecule has 0 saturated heterocycles. The second-order valence-corrected chi connectivity index (χ2v) is 1.59. The summed E-state index contributed by atoms with van der Waals surface area (Å²) in [5, 5.41) is 8.85. The van der Waals surface area contributed by atoms with Gasteiger partial charge < -0.3 is 15.7 Å². The van der Waals surface area contributed by atoms with Gasteiger partial charge in [-0.25, -0.2) is 0 Å². The predicted molar refractivity (Wildman–Crippen MR) is 33.0 cm³/mol. The van der Waals surface area contributed by atoms with Gasteiger partial charge in [-0.3, -0.25) is 0 Å². The van der Waals surface area contributed by atoms with Crippen LogP contribution in [-0.2, 0) is 0 Å². The molecule has 4 heteroatoms. The zero-order chi connectivity index (χ0) is 6.85. The Morgan fingerprint density at radius 2 is 2.44 bits per heavy atom. The third-order valence-electron chi connectivity index (χ3n) is 1.06. The molecule has 0 bridgehead atoms. The number of aromatic nitrogens is 1. The fraction of sp³-hybridized carbons (Fsp3) is 0.200. The van der Waals surface area contributed by atoms with Crippen LogP contribution in [0, 0.1) is 0 Å². The van der Waals surface area contributed by atoms with Gasteiger partial charge in [-0.1, -0.05) is 0 Å². The third kappa shape index (κ3) is 0.782. The van der Waals surface area contributed by atoms with Crippen LogP contribution in [0.2, 0.25) is 0 Å². The highest BCUT2D eigenvalue weighted by Gasteiger charge is 2.00. The highest BCUT2D eigenvalue weighted by molar-refractivity contribution is 5.45. The standard InChI is InChI=1S/C5H8N2O2/c1-9-7-3-2-4(8)5(7)6/h2-3,8H,6H2,1H3. The van der Waals surface area contributed by atoms with E-state index in [2.05, 4.69) is 0 Å². The van der Waals surface area contributed by atoms with Crippen molar-refractivity contribution in [1.82, 2.24) is 4.73 Å². The summed E-state index contributed by atoms with van der Waals surface area (Å²) in [4.78, 5) is 4.70. The van der Waals surface area contributed by atoms with Gasteiger partial charge in [0.05, 0.1) is 0 Å². The molecule has 1 aromatic rings. The molecule has 50 valence electrons. The molecule has 0 fully saturated rings. The predicted octanol–water partition coefficient (Wildman–Crippen LogP) is -0.166. The molecule has 1 rings (SSSR count). The monoisotopic (exact) mass is 128 g/mol. The van der Waals surface area contributed by atoms with Gasteiger partial charge in [-0.2, -0.15) is 4.73 Å². The van der Waals surface area contributed by atoms with Crippen molar-refractivity contribution in [3.05, 3.63) is 12.3 Å². The van der Waals surface area contributed by atoms with Crippen molar-refractivity contribution in [2.45, 2.75) is 0 Å². The lowest BCUT2D eigenvalue weighted by Crippen LogP contribution is -2.07. The Hall–Kier alpha value is -1.32. The molecule has 4 nitrogen and oxygen atoms in total. The Morgan fingerprint density at radius 1 is 1.78 bits per heavy atom. The minimum Gasteiger partial charge on any atom is -0.504 e. The molecule has 1 heterocycles. The van der Waals surface area contributed by atoms with Crippen molar-refractivity contribution < 1.29 is 9.94 Å². The summed E-state index contributed by atoms with van der Waals surface area (Å²) in [5.41, 5.74) is 5.30. The first kappa shape index (κ1) is 5.81. The summed E-state index contributed by atoms with van der Waals surface area (Å²) in [6.45, 7) is 0. The summed E-state index contributed by atoms with van der Waals surface area (Å²) >= 11 is 0. The summed E-state index contributed by atoms with van der Waals surface area (Å²) in [6.07, 6.45) is 1.53. The molecule has 0 aliphatic rings. The molecule has 0 aliphatic carbocycles. The van der Waals surface area contributed by atoms with Gasteiger partial charge >= 0.3 is 0 Å². The van der Waals surface area contributed by atoms with Crippen LogP contribution in [0.1, 0.15) is 0 Å². The number of nitrogen functional groups attached to an aromatic ring is 1. The summed E-state index contributed by atoms with van der Waals surface area (Å²) in [5.74, 6) is 0.259. The first-order valence-electron chi connectivity index (χ1n) is 2.46. The van der Waals surface area contributed by atoms with E-state index in [1.54, 1.807) is 0 Å². The summed E-state index contributed by atoms with van der Waals surface area (Å²) in [7, 11) is 1.47. The number of aromatic hydroxyl groups is 1. The third-order valence-corrected chi connectivity index (χ3v) is 1.06. The molecule has 0 radical (unpaired) electrons. The van der Waals surface area contributed by atoms with Crippen LogP contribution < -0.4 is 10.6 Å². The average Bonchev–Trinajstić information content (AvgIpc) is 2.15. The van der Waals surface area contributed by atoms with E-state index in [4.69, 9.17) is 15.7 Å². The number of rotatable bonds is 1. The first-order valence-corrected chi connectivity index (χ1v) is 2.46. The molecule has 1 aromatic heterocycles. The second kappa shape index (κ2) is 1.89. The fourth-order valence-electron chi connectivity index (χ4n) is 0.576. The van der Waals surface area contributed by atoms with Crippen LogP contribution in [0.5, 0.6) is 5.75 Å². The lowest BCUT2D eigenvalue weighted by atomic mass is 10.6. The Bertz CT molecular complexity index is 207. The molecule has 0 unspecified atom stereocenters. The van der Waals surface area contributed by atoms with E-state index in [0.29, 0.717) is 0 Å². The van der Waals surface area contributed by atoms with Gasteiger partial charge in [0.25, 0.3) is 0 Å². The summed E-state index contributed by atoms with van der Waals surface area (Å²) < 4.78 is 1.27. The van der Waals surface area contributed by atoms with E-state index in [9.17, 15) is 0 Å². The molecular formula is C5H8N2O2. The van der Waals surface area contributed by atoms with Crippen molar-refractivity contribution in [3.8, 4) is 5.75 Å². The maximum atomic E-state index is 8.85. The van der Waals surface area contributed by atoms with Gasteiger partial charge in [0.2, 0.25) is 0 Å². The normalized spacial score (nSPS) is 9.44. The molecule has 3 N–H and O–H groups in total. The van der Waals surface area contributed by atoms with Crippen molar-refractivity contribution in [3.63, 3.8) is 0 Å². The summed E-state index contributed by atoms with van der Waals surface area (Å²) in [6, 6.07) is 1.46. The first-order chi connectivity index (χ1) is 4.25. The SMILES string of the molecule is COn1ccc(O)c1N. The minimum absolute atomic E-state index is 0.0388. The molecular weight excluding hydrogens is 120 g/mol. The van der Waals surface area contributed by atoms with E-state index in [1.807, 2.05) is 0 Å². The smallest absolute Gasteiger partial charge is 0.181 e. The second-order valence-electron chi connectivity index (χ2n) is 1.59. The maximum absolute atomic E-state index is 8.85. The van der Waals surface area contributed by atoms with Gasteiger partial charge in [-0.05, 0) is 0 Å². The van der Waals surface area contributed by atoms with Gasteiger partial charge in [0.15, 0.2) is 11.6 Å². The van der Waals surface area contributed by atoms with Gasteiger partial charge in [0, 0.05) is 12.3 Å². The van der Waals surface area contributed by atoms with E-state index in [0.717, 1.165) is 0 Å². The minimum atomic E-state index is 0.0388. The average molecular weight is 128 g/mol. The number of hydrogen-bond acceptors (Lipinski definition) is 3. The Morgan fingerprint density at radius 3 is 2.67 bits per heavy atom. The van der Waals surface area contributed by atoms with E-state index < -0.39 is 0 Å². The zero-order valence-electron chi connectivity index (χ0n) is 5.03. The van der Waals surface area contributed by atoms with Crippen molar-refractivity contribution in [2.75, 3.05) is 12.8 Å². The molecule has 0 aliphatic heterocycles. The van der Waals surface area contributed by atoms with Crippen LogP contribution in [0.25, 0.3) is 0 Å². The van der Waals surface area contributed by atoms with Crippen LogP contribution in [-0.4, -0.2) is 16.9 Å². The topological polar surface area (TPSA) is 60.4 Å². The van der Waals surface area contributed by atoms with Crippen LogP contribution in [0.4, 0.5) is 5.82 Å². The maximum Gasteiger partial charge on any atom is 0.181 e. The molecule has 0 spiro atoms. The van der Waals surface area contributed by atoms with E-state index in [-0.39, 0.29) is 11.6 Å². The van der Waals surface area contributed by atoms with Crippen molar-refractivity contribution >= 4 is 5.82 Å². The molecule has 0 saturated carbocycles. The Labute approximate surface area is 52.4 Å².